The molecule has 20 heavy (non-hydrogen) atoms. The number of aliphatic carboxylic acids is 1. The van der Waals surface area contributed by atoms with Crippen molar-refractivity contribution in [2.24, 2.45) is 5.92 Å². The molecule has 0 bridgehead atoms. The highest BCUT2D eigenvalue weighted by Gasteiger charge is 2.12. The fourth-order valence-corrected chi connectivity index (χ4v) is 1.77. The average Bonchev–Trinajstić information content (AvgIpc) is 2.32. The number of carboxylic acids is 1. The molecule has 3 N–H and O–H groups in total. The molecule has 1 rings (SSSR count). The van der Waals surface area contributed by atoms with Gasteiger partial charge in [0.15, 0.2) is 0 Å². The Bertz CT molecular complexity index is 526. The number of urea groups is 1. The van der Waals surface area contributed by atoms with Crippen LogP contribution in [0.2, 0.25) is 0 Å². The van der Waals surface area contributed by atoms with Crippen molar-refractivity contribution in [3.8, 4) is 0 Å². The van der Waals surface area contributed by atoms with Gasteiger partial charge in [-0.3, -0.25) is 4.79 Å². The molecule has 0 saturated carbocycles. The molecule has 110 valence electrons. The molecule has 1 aromatic rings. The normalized spacial score (nSPS) is 11.8. The monoisotopic (exact) mass is 350 g/mol. The number of hydrogen-bond donors (Lipinski definition) is 3. The van der Waals surface area contributed by atoms with E-state index in [-0.39, 0.29) is 29.0 Å². The predicted molar refractivity (Wildman–Crippen MR) is 72.5 cm³/mol. The summed E-state index contributed by atoms with van der Waals surface area (Å²) in [6.45, 7) is 1.78. The van der Waals surface area contributed by atoms with Gasteiger partial charge in [0.2, 0.25) is 0 Å². The summed E-state index contributed by atoms with van der Waals surface area (Å²) in [6, 6.07) is 1.05. The molecule has 0 aliphatic heterocycles. The summed E-state index contributed by atoms with van der Waals surface area (Å²) in [5.74, 6) is -2.90. The molecular weight excluding hydrogens is 338 g/mol. The molecule has 0 fully saturated rings. The van der Waals surface area contributed by atoms with Crippen molar-refractivity contribution in [2.75, 3.05) is 11.9 Å². The first-order valence-corrected chi connectivity index (χ1v) is 6.50. The van der Waals surface area contributed by atoms with Crippen LogP contribution in [0.25, 0.3) is 0 Å². The van der Waals surface area contributed by atoms with E-state index in [0.29, 0.717) is 6.07 Å². The van der Waals surface area contributed by atoms with Crippen molar-refractivity contribution in [1.29, 1.82) is 0 Å². The fourth-order valence-electron chi connectivity index (χ4n) is 1.42. The topological polar surface area (TPSA) is 78.4 Å². The lowest BCUT2D eigenvalue weighted by Gasteiger charge is -2.12. The lowest BCUT2D eigenvalue weighted by Crippen LogP contribution is -2.33. The van der Waals surface area contributed by atoms with Gasteiger partial charge in [0, 0.05) is 19.0 Å². The van der Waals surface area contributed by atoms with Crippen LogP contribution in [0.1, 0.15) is 13.3 Å². The van der Waals surface area contributed by atoms with E-state index in [1.165, 1.54) is 0 Å². The summed E-state index contributed by atoms with van der Waals surface area (Å²) in [5, 5.41) is 13.2. The van der Waals surface area contributed by atoms with Gasteiger partial charge in [-0.2, -0.15) is 0 Å². The van der Waals surface area contributed by atoms with Gasteiger partial charge >= 0.3 is 12.0 Å². The SMILES string of the molecule is CC(CNC(=O)Nc1cc(Br)c(F)cc1F)CC(=O)O. The third kappa shape index (κ3) is 5.12. The highest BCUT2D eigenvalue weighted by atomic mass is 79.9. The van der Waals surface area contributed by atoms with E-state index in [2.05, 4.69) is 26.6 Å². The molecule has 1 unspecified atom stereocenters. The number of benzene rings is 1. The first-order valence-electron chi connectivity index (χ1n) is 5.70. The van der Waals surface area contributed by atoms with E-state index in [4.69, 9.17) is 5.11 Å². The molecule has 0 spiro atoms. The molecule has 8 heteroatoms. The average molecular weight is 351 g/mol. The molecular formula is C12H13BrF2N2O3. The second-order valence-corrected chi connectivity index (χ2v) is 5.14. The van der Waals surface area contributed by atoms with E-state index >= 15 is 0 Å². The summed E-state index contributed by atoms with van der Waals surface area (Å²) in [6.07, 6.45) is -0.0866. The Balaban J connectivity index is 2.55. The van der Waals surface area contributed by atoms with E-state index < -0.39 is 23.6 Å². The van der Waals surface area contributed by atoms with Crippen molar-refractivity contribution < 1.29 is 23.5 Å². The van der Waals surface area contributed by atoms with E-state index in [1.807, 2.05) is 0 Å². The summed E-state index contributed by atoms with van der Waals surface area (Å²) in [7, 11) is 0. The standard InChI is InChI=1S/C12H13BrF2N2O3/c1-6(2-11(18)19)5-16-12(20)17-10-3-7(13)8(14)4-9(10)15/h3-4,6H,2,5H2,1H3,(H,18,19)(H2,16,17,20). The second kappa shape index (κ2) is 7.18. The van der Waals surface area contributed by atoms with Crippen LogP contribution in [-0.2, 0) is 4.79 Å². The minimum absolute atomic E-state index is 0.0217. The zero-order valence-electron chi connectivity index (χ0n) is 10.5. The van der Waals surface area contributed by atoms with Crippen molar-refractivity contribution in [3.63, 3.8) is 0 Å². The summed E-state index contributed by atoms with van der Waals surface area (Å²) in [5.41, 5.74) is -0.179. The molecule has 1 aromatic carbocycles. The number of amides is 2. The zero-order chi connectivity index (χ0) is 15.3. The van der Waals surface area contributed by atoms with Crippen LogP contribution in [0.5, 0.6) is 0 Å². The number of carboxylic acid groups (broad SMARTS) is 1. The maximum Gasteiger partial charge on any atom is 0.319 e. The Kier molecular flexibility index (Phi) is 5.87. The molecule has 0 radical (unpaired) electrons. The minimum atomic E-state index is -0.965. The number of nitrogens with one attached hydrogen (secondary N) is 2. The van der Waals surface area contributed by atoms with Crippen molar-refractivity contribution in [1.82, 2.24) is 5.32 Å². The lowest BCUT2D eigenvalue weighted by atomic mass is 10.1. The Labute approximate surface area is 122 Å². The third-order valence-electron chi connectivity index (χ3n) is 2.39. The van der Waals surface area contributed by atoms with Gasteiger partial charge in [0.1, 0.15) is 11.6 Å². The predicted octanol–water partition coefficient (Wildman–Crippen LogP) is 2.96. The van der Waals surface area contributed by atoms with Gasteiger partial charge < -0.3 is 15.7 Å². The van der Waals surface area contributed by atoms with Gasteiger partial charge in [-0.1, -0.05) is 6.92 Å². The molecule has 1 atom stereocenters. The molecule has 5 nitrogen and oxygen atoms in total. The van der Waals surface area contributed by atoms with Gasteiger partial charge in [0.05, 0.1) is 10.2 Å². The van der Waals surface area contributed by atoms with Crippen LogP contribution in [0.3, 0.4) is 0 Å². The molecule has 0 heterocycles. The first-order chi connectivity index (χ1) is 9.29. The van der Waals surface area contributed by atoms with Crippen LogP contribution in [0, 0.1) is 17.6 Å². The first kappa shape index (κ1) is 16.4. The zero-order valence-corrected chi connectivity index (χ0v) is 12.1. The largest absolute Gasteiger partial charge is 0.481 e. The molecule has 0 aliphatic carbocycles. The number of anilines is 1. The lowest BCUT2D eigenvalue weighted by molar-refractivity contribution is -0.137. The van der Waals surface area contributed by atoms with Gasteiger partial charge in [0.25, 0.3) is 0 Å². The van der Waals surface area contributed by atoms with Crippen molar-refractivity contribution in [3.05, 3.63) is 28.2 Å². The fraction of sp³-hybridized carbons (Fsp3) is 0.333. The third-order valence-corrected chi connectivity index (χ3v) is 3.00. The molecule has 2 amide bonds. The van der Waals surface area contributed by atoms with E-state index in [0.717, 1.165) is 6.07 Å². The van der Waals surface area contributed by atoms with E-state index in [9.17, 15) is 18.4 Å². The molecule has 0 saturated heterocycles. The number of halogens is 3. The Hall–Kier alpha value is -1.70. The molecule has 0 aliphatic rings. The Morgan fingerprint density at radius 3 is 2.60 bits per heavy atom. The van der Waals surface area contributed by atoms with Crippen LogP contribution in [0.15, 0.2) is 16.6 Å². The van der Waals surface area contributed by atoms with Gasteiger partial charge in [-0.25, -0.2) is 13.6 Å². The maximum absolute atomic E-state index is 13.4. The maximum atomic E-state index is 13.4. The second-order valence-electron chi connectivity index (χ2n) is 4.28. The highest BCUT2D eigenvalue weighted by Crippen LogP contribution is 2.23. The Morgan fingerprint density at radius 2 is 2.00 bits per heavy atom. The highest BCUT2D eigenvalue weighted by molar-refractivity contribution is 9.10. The van der Waals surface area contributed by atoms with Crippen molar-refractivity contribution in [2.45, 2.75) is 13.3 Å². The quantitative estimate of drug-likeness (QED) is 0.714. The van der Waals surface area contributed by atoms with Gasteiger partial charge in [-0.15, -0.1) is 0 Å². The van der Waals surface area contributed by atoms with Crippen LogP contribution < -0.4 is 10.6 Å². The summed E-state index contributed by atoms with van der Waals surface area (Å²) in [4.78, 5) is 21.9. The smallest absolute Gasteiger partial charge is 0.319 e. The van der Waals surface area contributed by atoms with Crippen molar-refractivity contribution >= 4 is 33.6 Å². The minimum Gasteiger partial charge on any atom is -0.481 e. The molecule has 0 aromatic heterocycles. The number of rotatable bonds is 5. The van der Waals surface area contributed by atoms with Gasteiger partial charge in [-0.05, 0) is 27.9 Å². The number of hydrogen-bond acceptors (Lipinski definition) is 2. The van der Waals surface area contributed by atoms with E-state index in [1.54, 1.807) is 6.92 Å². The number of carbonyl (C=O) groups excluding carboxylic acids is 1. The van der Waals surface area contributed by atoms with Crippen LogP contribution >= 0.6 is 15.9 Å². The Morgan fingerprint density at radius 1 is 1.35 bits per heavy atom. The van der Waals surface area contributed by atoms with Crippen LogP contribution in [0.4, 0.5) is 19.3 Å². The summed E-state index contributed by atoms with van der Waals surface area (Å²) >= 11 is 2.88. The summed E-state index contributed by atoms with van der Waals surface area (Å²) < 4.78 is 26.4. The number of carbonyl (C=O) groups is 2. The van der Waals surface area contributed by atoms with Crippen LogP contribution in [-0.4, -0.2) is 23.7 Å².